The number of ether oxygens (including phenoxy) is 1. The molecule has 2 amide bonds. The molecule has 0 aliphatic carbocycles. The van der Waals surface area contributed by atoms with Crippen molar-refractivity contribution < 1.29 is 19.4 Å². The van der Waals surface area contributed by atoms with E-state index >= 15 is 0 Å². The summed E-state index contributed by atoms with van der Waals surface area (Å²) in [7, 11) is 5.30. The van der Waals surface area contributed by atoms with E-state index in [9.17, 15) is 14.7 Å². The van der Waals surface area contributed by atoms with Gasteiger partial charge in [-0.05, 0) is 69.5 Å². The number of hydrogen-bond acceptors (Lipinski definition) is 6. The lowest BCUT2D eigenvalue weighted by molar-refractivity contribution is -0.117. The molecule has 0 saturated carbocycles. The number of carbonyl (C=O) groups is 2. The number of methoxy groups -OCH3 is 1. The van der Waals surface area contributed by atoms with Gasteiger partial charge in [0.05, 0.1) is 17.8 Å². The summed E-state index contributed by atoms with van der Waals surface area (Å²) in [5.41, 5.74) is 5.17. The molecule has 180 valence electrons. The van der Waals surface area contributed by atoms with Crippen molar-refractivity contribution in [2.24, 2.45) is 5.10 Å². The molecule has 35 heavy (non-hydrogen) atoms. The lowest BCUT2D eigenvalue weighted by Gasteiger charge is -2.12. The van der Waals surface area contributed by atoms with Gasteiger partial charge in [-0.2, -0.15) is 5.10 Å². The number of carbonyl (C=O) groups excluding carboxylic acids is 2. The van der Waals surface area contributed by atoms with Crippen LogP contribution in [-0.2, 0) is 4.79 Å². The molecule has 0 saturated heterocycles. The van der Waals surface area contributed by atoms with Crippen molar-refractivity contribution in [1.82, 2.24) is 10.7 Å². The summed E-state index contributed by atoms with van der Waals surface area (Å²) in [6.45, 7) is 0. The Morgan fingerprint density at radius 3 is 2.34 bits per heavy atom. The summed E-state index contributed by atoms with van der Waals surface area (Å²) in [6, 6.07) is 19.3. The zero-order chi connectivity index (χ0) is 25.4. The number of amides is 2. The molecular formula is C26H25BrN4O4. The first-order valence-corrected chi connectivity index (χ1v) is 11.3. The van der Waals surface area contributed by atoms with Crippen LogP contribution in [0.4, 0.5) is 5.69 Å². The first-order chi connectivity index (χ1) is 16.8. The van der Waals surface area contributed by atoms with Crippen molar-refractivity contribution in [1.29, 1.82) is 0 Å². The number of phenolic OH excluding ortho intramolecular Hbond substituents is 1. The second kappa shape index (κ2) is 11.8. The maximum Gasteiger partial charge on any atom is 0.287 e. The molecular weight excluding hydrogens is 512 g/mol. The van der Waals surface area contributed by atoms with Gasteiger partial charge in [-0.25, -0.2) is 5.43 Å². The minimum absolute atomic E-state index is 0.0260. The molecule has 8 nitrogen and oxygen atoms in total. The van der Waals surface area contributed by atoms with E-state index in [0.29, 0.717) is 15.6 Å². The van der Waals surface area contributed by atoms with Crippen molar-refractivity contribution in [2.45, 2.75) is 0 Å². The summed E-state index contributed by atoms with van der Waals surface area (Å²) in [6.07, 6.45) is 2.97. The predicted molar refractivity (Wildman–Crippen MR) is 141 cm³/mol. The van der Waals surface area contributed by atoms with E-state index in [1.807, 2.05) is 43.3 Å². The summed E-state index contributed by atoms with van der Waals surface area (Å²) in [5, 5.41) is 16.6. The Bertz CT molecular complexity index is 1260. The summed E-state index contributed by atoms with van der Waals surface area (Å²) >= 11 is 3.24. The van der Waals surface area contributed by atoms with Crippen LogP contribution in [0.2, 0.25) is 0 Å². The van der Waals surface area contributed by atoms with Gasteiger partial charge in [-0.15, -0.1) is 0 Å². The van der Waals surface area contributed by atoms with Gasteiger partial charge in [0, 0.05) is 25.3 Å². The number of hydrazone groups is 1. The standard InChI is InChI=1S/C26H25BrN4O4/c1-31(2)20-11-9-17(10-12-20)14-22(29-25(33)19-7-5-4-6-8-19)26(34)30-28-16-18-13-21(27)24(32)23(15-18)35-3/h4-16,32H,1-3H3,(H,29,33)(H,30,34)/b22-14-,28-16+. The van der Waals surface area contributed by atoms with Crippen LogP contribution >= 0.6 is 15.9 Å². The van der Waals surface area contributed by atoms with Crippen molar-refractivity contribution >= 4 is 45.7 Å². The van der Waals surface area contributed by atoms with Gasteiger partial charge in [0.1, 0.15) is 5.70 Å². The Kier molecular flexibility index (Phi) is 8.63. The van der Waals surface area contributed by atoms with Crippen molar-refractivity contribution in [2.75, 3.05) is 26.1 Å². The molecule has 0 unspecified atom stereocenters. The zero-order valence-electron chi connectivity index (χ0n) is 19.4. The fraction of sp³-hybridized carbons (Fsp3) is 0.115. The minimum atomic E-state index is -0.605. The minimum Gasteiger partial charge on any atom is -0.503 e. The highest BCUT2D eigenvalue weighted by molar-refractivity contribution is 9.10. The van der Waals surface area contributed by atoms with Crippen molar-refractivity contribution in [3.8, 4) is 11.5 Å². The molecule has 3 N–H and O–H groups in total. The largest absolute Gasteiger partial charge is 0.503 e. The molecule has 0 radical (unpaired) electrons. The van der Waals surface area contributed by atoms with Gasteiger partial charge in [0.2, 0.25) is 0 Å². The fourth-order valence-corrected chi connectivity index (χ4v) is 3.49. The second-order valence-corrected chi connectivity index (χ2v) is 8.47. The molecule has 0 fully saturated rings. The first kappa shape index (κ1) is 25.5. The number of nitrogens with zero attached hydrogens (tertiary/aromatic N) is 2. The van der Waals surface area contributed by atoms with E-state index in [1.54, 1.807) is 48.5 Å². The molecule has 0 heterocycles. The molecule has 3 rings (SSSR count). The number of nitrogens with one attached hydrogen (secondary N) is 2. The highest BCUT2D eigenvalue weighted by atomic mass is 79.9. The Labute approximate surface area is 212 Å². The average molecular weight is 537 g/mol. The summed E-state index contributed by atoms with van der Waals surface area (Å²) in [4.78, 5) is 27.6. The lowest BCUT2D eigenvalue weighted by Crippen LogP contribution is -2.32. The number of anilines is 1. The Morgan fingerprint density at radius 2 is 1.71 bits per heavy atom. The van der Waals surface area contributed by atoms with Gasteiger partial charge in [-0.1, -0.05) is 30.3 Å². The Balaban J connectivity index is 1.83. The van der Waals surface area contributed by atoms with Crippen LogP contribution in [0.5, 0.6) is 11.5 Å². The molecule has 0 aromatic heterocycles. The van der Waals surface area contributed by atoms with Gasteiger partial charge < -0.3 is 20.1 Å². The van der Waals surface area contributed by atoms with Crippen LogP contribution in [0.15, 0.2) is 82.0 Å². The van der Waals surface area contributed by atoms with Crippen LogP contribution in [0.25, 0.3) is 6.08 Å². The van der Waals surface area contributed by atoms with E-state index in [-0.39, 0.29) is 17.2 Å². The van der Waals surface area contributed by atoms with Crippen molar-refractivity contribution in [3.63, 3.8) is 0 Å². The highest BCUT2D eigenvalue weighted by Gasteiger charge is 2.14. The number of aromatic hydroxyl groups is 1. The maximum absolute atomic E-state index is 12.9. The Morgan fingerprint density at radius 1 is 1.03 bits per heavy atom. The number of hydrogen-bond donors (Lipinski definition) is 3. The molecule has 0 spiro atoms. The molecule has 0 bridgehead atoms. The van der Waals surface area contributed by atoms with E-state index in [0.717, 1.165) is 11.3 Å². The average Bonchev–Trinajstić information content (AvgIpc) is 2.86. The number of halogens is 1. The lowest BCUT2D eigenvalue weighted by atomic mass is 10.1. The number of phenols is 1. The number of rotatable bonds is 8. The quantitative estimate of drug-likeness (QED) is 0.228. The third kappa shape index (κ3) is 6.94. The highest BCUT2D eigenvalue weighted by Crippen LogP contribution is 2.34. The topological polar surface area (TPSA) is 103 Å². The number of benzene rings is 3. The maximum atomic E-state index is 12.9. The molecule has 0 aliphatic heterocycles. The smallest absolute Gasteiger partial charge is 0.287 e. The van der Waals surface area contributed by atoms with Crippen LogP contribution in [-0.4, -0.2) is 44.3 Å². The van der Waals surface area contributed by atoms with Crippen LogP contribution < -0.4 is 20.4 Å². The fourth-order valence-electron chi connectivity index (χ4n) is 3.03. The van der Waals surface area contributed by atoms with E-state index < -0.39 is 11.8 Å². The van der Waals surface area contributed by atoms with E-state index in [2.05, 4.69) is 31.8 Å². The Hall–Kier alpha value is -4.11. The van der Waals surface area contributed by atoms with Gasteiger partial charge in [0.15, 0.2) is 11.5 Å². The first-order valence-electron chi connectivity index (χ1n) is 10.5. The zero-order valence-corrected chi connectivity index (χ0v) is 21.0. The van der Waals surface area contributed by atoms with E-state index in [4.69, 9.17) is 4.74 Å². The van der Waals surface area contributed by atoms with Crippen LogP contribution in [0.3, 0.4) is 0 Å². The summed E-state index contributed by atoms with van der Waals surface area (Å²) in [5.74, 6) is -0.813. The van der Waals surface area contributed by atoms with Crippen LogP contribution in [0, 0.1) is 0 Å². The SMILES string of the molecule is COc1cc(/C=N/NC(=O)/C(=C/c2ccc(N(C)C)cc2)NC(=O)c2ccccc2)cc(Br)c1O. The van der Waals surface area contributed by atoms with Gasteiger partial charge in [-0.3, -0.25) is 9.59 Å². The molecule has 0 aliphatic rings. The molecule has 0 atom stereocenters. The van der Waals surface area contributed by atoms with Gasteiger partial charge >= 0.3 is 0 Å². The third-order valence-corrected chi connectivity index (χ3v) is 5.50. The third-order valence-electron chi connectivity index (χ3n) is 4.90. The normalized spacial score (nSPS) is 11.3. The van der Waals surface area contributed by atoms with Crippen LogP contribution in [0.1, 0.15) is 21.5 Å². The van der Waals surface area contributed by atoms with E-state index in [1.165, 1.54) is 13.3 Å². The molecule has 9 heteroatoms. The predicted octanol–water partition coefficient (Wildman–Crippen LogP) is 4.15. The molecule has 3 aromatic carbocycles. The molecule has 3 aromatic rings. The second-order valence-electron chi connectivity index (χ2n) is 7.62. The monoisotopic (exact) mass is 536 g/mol. The van der Waals surface area contributed by atoms with Crippen molar-refractivity contribution in [3.05, 3.63) is 93.6 Å². The van der Waals surface area contributed by atoms with Gasteiger partial charge in [0.25, 0.3) is 11.8 Å². The summed E-state index contributed by atoms with van der Waals surface area (Å²) < 4.78 is 5.54.